The smallest absolute Gasteiger partial charge is 0.342 e. The fraction of sp³-hybridized carbons (Fsp3) is 0.190. The molecule has 0 bridgehead atoms. The maximum atomic E-state index is 13.3. The standard InChI is InChI=1S/C21H15F6N3O/c22-20(23,24)17-10-4-8-15(29-17)19(28-13-31,12-14-6-2-1-3-7-14)16-9-5-11-18(30-16)21(25,26)27/h1-11,13H,12H2,(H,28,31). The molecule has 0 unspecified atom stereocenters. The van der Waals surface area contributed by atoms with E-state index in [0.717, 1.165) is 24.3 Å². The molecule has 31 heavy (non-hydrogen) atoms. The number of hydrogen-bond acceptors (Lipinski definition) is 3. The van der Waals surface area contributed by atoms with Crippen LogP contribution in [0.2, 0.25) is 0 Å². The lowest BCUT2D eigenvalue weighted by Crippen LogP contribution is -2.46. The molecular weight excluding hydrogens is 424 g/mol. The summed E-state index contributed by atoms with van der Waals surface area (Å²) in [6.07, 6.45) is -9.57. The third kappa shape index (κ3) is 4.84. The molecule has 0 aliphatic carbocycles. The Bertz CT molecular complexity index is 993. The monoisotopic (exact) mass is 439 g/mol. The van der Waals surface area contributed by atoms with Gasteiger partial charge in [-0.15, -0.1) is 0 Å². The first-order chi connectivity index (χ1) is 14.6. The van der Waals surface area contributed by atoms with Crippen LogP contribution in [0.25, 0.3) is 0 Å². The lowest BCUT2D eigenvalue weighted by atomic mass is 9.83. The lowest BCUT2D eigenvalue weighted by molar-refractivity contribution is -0.141. The van der Waals surface area contributed by atoms with Crippen molar-refractivity contribution in [1.82, 2.24) is 15.3 Å². The summed E-state index contributed by atoms with van der Waals surface area (Å²) in [6, 6.07) is 14.3. The number of halogens is 6. The van der Waals surface area contributed by atoms with Crippen LogP contribution in [0.5, 0.6) is 0 Å². The summed E-state index contributed by atoms with van der Waals surface area (Å²) < 4.78 is 79.6. The van der Waals surface area contributed by atoms with Gasteiger partial charge in [-0.05, 0) is 29.8 Å². The molecule has 0 aliphatic heterocycles. The summed E-state index contributed by atoms with van der Waals surface area (Å²) in [5.41, 5.74) is -4.44. The Hall–Kier alpha value is -3.43. The second kappa shape index (κ2) is 8.37. The first-order valence-electron chi connectivity index (χ1n) is 8.91. The summed E-state index contributed by atoms with van der Waals surface area (Å²) in [6.45, 7) is 0. The molecule has 0 radical (unpaired) electrons. The van der Waals surface area contributed by atoms with Crippen molar-refractivity contribution in [1.29, 1.82) is 0 Å². The van der Waals surface area contributed by atoms with Crippen LogP contribution < -0.4 is 5.32 Å². The van der Waals surface area contributed by atoms with E-state index in [-0.39, 0.29) is 24.2 Å². The van der Waals surface area contributed by atoms with Gasteiger partial charge in [-0.1, -0.05) is 42.5 Å². The van der Waals surface area contributed by atoms with Crippen molar-refractivity contribution >= 4 is 6.41 Å². The Morgan fingerprint density at radius 3 is 1.55 bits per heavy atom. The van der Waals surface area contributed by atoms with Crippen molar-refractivity contribution in [3.63, 3.8) is 0 Å². The zero-order valence-corrected chi connectivity index (χ0v) is 15.7. The fourth-order valence-corrected chi connectivity index (χ4v) is 3.17. The number of rotatable bonds is 6. The van der Waals surface area contributed by atoms with Gasteiger partial charge in [-0.2, -0.15) is 26.3 Å². The second-order valence-corrected chi connectivity index (χ2v) is 6.64. The largest absolute Gasteiger partial charge is 0.433 e. The molecule has 0 saturated carbocycles. The Morgan fingerprint density at radius 2 is 1.13 bits per heavy atom. The molecule has 162 valence electrons. The van der Waals surface area contributed by atoms with Crippen molar-refractivity contribution < 1.29 is 31.1 Å². The lowest BCUT2D eigenvalue weighted by Gasteiger charge is -2.33. The molecule has 0 atom stereocenters. The minimum Gasteiger partial charge on any atom is -0.342 e. The predicted octanol–water partition coefficient (Wildman–Crippen LogP) is 4.75. The second-order valence-electron chi connectivity index (χ2n) is 6.64. The van der Waals surface area contributed by atoms with Crippen molar-refractivity contribution in [2.24, 2.45) is 0 Å². The normalized spacial score (nSPS) is 12.5. The van der Waals surface area contributed by atoms with Crippen LogP contribution in [0.4, 0.5) is 26.3 Å². The van der Waals surface area contributed by atoms with Gasteiger partial charge in [0.2, 0.25) is 6.41 Å². The van der Waals surface area contributed by atoms with Crippen molar-refractivity contribution in [3.8, 4) is 0 Å². The van der Waals surface area contributed by atoms with Gasteiger partial charge in [-0.3, -0.25) is 4.79 Å². The van der Waals surface area contributed by atoms with E-state index in [2.05, 4.69) is 15.3 Å². The van der Waals surface area contributed by atoms with Crippen molar-refractivity contribution in [2.75, 3.05) is 0 Å². The van der Waals surface area contributed by atoms with E-state index in [0.29, 0.717) is 5.56 Å². The van der Waals surface area contributed by atoms with Gasteiger partial charge in [0.05, 0.1) is 11.4 Å². The van der Waals surface area contributed by atoms with Crippen molar-refractivity contribution in [2.45, 2.75) is 24.3 Å². The van der Waals surface area contributed by atoms with Crippen LogP contribution in [-0.2, 0) is 29.1 Å². The van der Waals surface area contributed by atoms with E-state index in [1.807, 2.05) is 0 Å². The molecule has 1 amide bonds. The van der Waals surface area contributed by atoms with Crippen LogP contribution in [-0.4, -0.2) is 16.4 Å². The highest BCUT2D eigenvalue weighted by Gasteiger charge is 2.42. The molecule has 3 rings (SSSR count). The van der Waals surface area contributed by atoms with E-state index < -0.39 is 29.3 Å². The van der Waals surface area contributed by atoms with Gasteiger partial charge >= 0.3 is 12.4 Å². The van der Waals surface area contributed by atoms with Gasteiger partial charge in [-0.25, -0.2) is 9.97 Å². The first kappa shape index (κ1) is 22.3. The summed E-state index contributed by atoms with van der Waals surface area (Å²) >= 11 is 0. The summed E-state index contributed by atoms with van der Waals surface area (Å²) in [5.74, 6) is 0. The fourth-order valence-electron chi connectivity index (χ4n) is 3.17. The number of alkyl halides is 6. The van der Waals surface area contributed by atoms with Crippen LogP contribution in [0.15, 0.2) is 66.7 Å². The number of nitrogens with one attached hydrogen (secondary N) is 1. The Balaban J connectivity index is 2.28. The van der Waals surface area contributed by atoms with Gasteiger partial charge < -0.3 is 5.32 Å². The van der Waals surface area contributed by atoms with E-state index in [9.17, 15) is 31.1 Å². The number of benzene rings is 1. The summed E-state index contributed by atoms with van der Waals surface area (Å²) in [4.78, 5) is 18.8. The third-order valence-corrected chi connectivity index (χ3v) is 4.57. The molecule has 0 aliphatic rings. The number of nitrogens with zero attached hydrogens (tertiary/aromatic N) is 2. The van der Waals surface area contributed by atoms with Gasteiger partial charge in [0.25, 0.3) is 0 Å². The van der Waals surface area contributed by atoms with Crippen molar-refractivity contribution in [3.05, 3.63) is 95.1 Å². The molecule has 1 aromatic carbocycles. The average Bonchev–Trinajstić information content (AvgIpc) is 2.73. The molecule has 2 heterocycles. The maximum absolute atomic E-state index is 13.3. The molecule has 3 aromatic rings. The number of pyridine rings is 2. The predicted molar refractivity (Wildman–Crippen MR) is 98.6 cm³/mol. The molecule has 0 saturated heterocycles. The van der Waals surface area contributed by atoms with E-state index in [1.165, 1.54) is 12.1 Å². The molecule has 4 nitrogen and oxygen atoms in total. The Morgan fingerprint density at radius 1 is 0.677 bits per heavy atom. The number of hydrogen-bond donors (Lipinski definition) is 1. The first-order valence-corrected chi connectivity index (χ1v) is 8.91. The molecule has 10 heteroatoms. The van der Waals surface area contributed by atoms with E-state index in [1.54, 1.807) is 30.3 Å². The summed E-state index contributed by atoms with van der Waals surface area (Å²) in [7, 11) is 0. The Labute approximate surface area is 173 Å². The molecule has 0 spiro atoms. The number of amides is 1. The number of carbonyl (C=O) groups excluding carboxylic acids is 1. The third-order valence-electron chi connectivity index (χ3n) is 4.57. The van der Waals surface area contributed by atoms with Crippen LogP contribution in [0.1, 0.15) is 28.3 Å². The molecule has 0 fully saturated rings. The van der Waals surface area contributed by atoms with E-state index in [4.69, 9.17) is 0 Å². The van der Waals surface area contributed by atoms with Gasteiger partial charge in [0, 0.05) is 6.42 Å². The quantitative estimate of drug-likeness (QED) is 0.446. The highest BCUT2D eigenvalue weighted by atomic mass is 19.4. The minimum atomic E-state index is -4.79. The topological polar surface area (TPSA) is 54.9 Å². The van der Waals surface area contributed by atoms with Gasteiger partial charge in [0.15, 0.2) is 0 Å². The van der Waals surface area contributed by atoms with Crippen LogP contribution in [0, 0.1) is 0 Å². The average molecular weight is 439 g/mol. The number of aromatic nitrogens is 2. The summed E-state index contributed by atoms with van der Waals surface area (Å²) in [5, 5.41) is 2.39. The minimum absolute atomic E-state index is 0.185. The highest BCUT2D eigenvalue weighted by Crippen LogP contribution is 2.36. The molecule has 2 aromatic heterocycles. The zero-order chi connectivity index (χ0) is 22.7. The Kier molecular flexibility index (Phi) is 6.01. The van der Waals surface area contributed by atoms with Crippen LogP contribution in [0.3, 0.4) is 0 Å². The van der Waals surface area contributed by atoms with Gasteiger partial charge in [0.1, 0.15) is 16.9 Å². The molecular formula is C21H15F6N3O. The van der Waals surface area contributed by atoms with E-state index >= 15 is 0 Å². The molecule has 1 N–H and O–H groups in total. The highest BCUT2D eigenvalue weighted by molar-refractivity contribution is 5.53. The SMILES string of the molecule is O=CNC(Cc1ccccc1)(c1cccc(C(F)(F)F)n1)c1cccc(C(F)(F)F)n1. The number of carbonyl (C=O) groups is 1. The zero-order valence-electron chi connectivity index (χ0n) is 15.7. The van der Waals surface area contributed by atoms with Crippen LogP contribution >= 0.6 is 0 Å². The maximum Gasteiger partial charge on any atom is 0.433 e.